The van der Waals surface area contributed by atoms with E-state index in [-0.39, 0.29) is 0 Å². The van der Waals surface area contributed by atoms with Crippen LogP contribution < -0.4 is 10.1 Å². The molecule has 1 unspecified atom stereocenters. The quantitative estimate of drug-likeness (QED) is 0.549. The number of carbonyl (C=O) groups excluding carboxylic acids is 1. The normalized spacial score (nSPS) is 20.7. The summed E-state index contributed by atoms with van der Waals surface area (Å²) in [5, 5.41) is 3.13. The lowest BCUT2D eigenvalue weighted by atomic mass is 9.94. The summed E-state index contributed by atoms with van der Waals surface area (Å²) >= 11 is -0.682. The Kier molecular flexibility index (Phi) is 6.35. The molecule has 6 heteroatoms. The molecule has 1 N–H and O–H groups in total. The number of carbonyl (C=O) groups is 1. The van der Waals surface area contributed by atoms with Crippen molar-refractivity contribution < 1.29 is 18.8 Å². The highest BCUT2D eigenvalue weighted by Crippen LogP contribution is 2.37. The van der Waals surface area contributed by atoms with E-state index < -0.39 is 22.9 Å². The number of hydrogen-bond donors (Lipinski definition) is 1. The fourth-order valence-corrected chi connectivity index (χ4v) is 5.35. The van der Waals surface area contributed by atoms with E-state index >= 15 is 0 Å². The van der Waals surface area contributed by atoms with E-state index in [1.54, 1.807) is 0 Å². The number of anilines is 1. The third-order valence-corrected chi connectivity index (χ3v) is 7.06. The maximum absolute atomic E-state index is 12.3. The molecule has 0 spiro atoms. The SMILES string of the molecule is CC1(C)OC(=O)Nc2ccc(OCCCC[S+]([O-])C3CCCCC3)cc21. The molecular weight excluding hydrogens is 350 g/mol. The molecule has 1 aliphatic heterocycles. The van der Waals surface area contributed by atoms with Crippen LogP contribution in [0.4, 0.5) is 10.5 Å². The number of nitrogens with one attached hydrogen (secondary N) is 1. The lowest BCUT2D eigenvalue weighted by Gasteiger charge is -2.32. The van der Waals surface area contributed by atoms with Gasteiger partial charge in [-0.25, -0.2) is 4.79 Å². The Hall–Kier alpha value is -1.40. The van der Waals surface area contributed by atoms with Crippen LogP contribution in [0.5, 0.6) is 5.75 Å². The van der Waals surface area contributed by atoms with Crippen molar-refractivity contribution in [1.29, 1.82) is 0 Å². The van der Waals surface area contributed by atoms with Crippen LogP contribution >= 0.6 is 0 Å². The van der Waals surface area contributed by atoms with Crippen LogP contribution in [0.2, 0.25) is 0 Å². The van der Waals surface area contributed by atoms with Gasteiger partial charge in [-0.2, -0.15) is 0 Å². The van der Waals surface area contributed by atoms with Gasteiger partial charge in [0.1, 0.15) is 22.4 Å². The maximum Gasteiger partial charge on any atom is 0.412 e. The predicted molar refractivity (Wildman–Crippen MR) is 104 cm³/mol. The number of hydrogen-bond acceptors (Lipinski definition) is 4. The molecule has 3 rings (SSSR count). The number of benzene rings is 1. The van der Waals surface area contributed by atoms with Gasteiger partial charge in [-0.15, -0.1) is 0 Å². The van der Waals surface area contributed by atoms with Crippen molar-refractivity contribution >= 4 is 23.0 Å². The Morgan fingerprint density at radius 3 is 2.81 bits per heavy atom. The topological polar surface area (TPSA) is 70.6 Å². The highest BCUT2D eigenvalue weighted by molar-refractivity contribution is 7.92. The van der Waals surface area contributed by atoms with E-state index in [4.69, 9.17) is 9.47 Å². The first-order chi connectivity index (χ1) is 12.5. The van der Waals surface area contributed by atoms with E-state index in [0.717, 1.165) is 48.4 Å². The summed E-state index contributed by atoms with van der Waals surface area (Å²) in [5.41, 5.74) is 1.00. The number of ether oxygens (including phenoxy) is 2. The Morgan fingerprint density at radius 2 is 2.04 bits per heavy atom. The number of amides is 1. The Morgan fingerprint density at radius 1 is 1.27 bits per heavy atom. The summed E-state index contributed by atoms with van der Waals surface area (Å²) < 4.78 is 23.5. The molecule has 0 saturated heterocycles. The summed E-state index contributed by atoms with van der Waals surface area (Å²) in [5.74, 6) is 1.55. The molecule has 1 saturated carbocycles. The van der Waals surface area contributed by atoms with E-state index in [1.165, 1.54) is 19.3 Å². The predicted octanol–water partition coefficient (Wildman–Crippen LogP) is 4.72. The minimum Gasteiger partial charge on any atom is -0.616 e. The van der Waals surface area contributed by atoms with Crippen molar-refractivity contribution in [3.05, 3.63) is 23.8 Å². The van der Waals surface area contributed by atoms with Crippen molar-refractivity contribution in [3.8, 4) is 5.75 Å². The standard InChI is InChI=1S/C20H29NO4S/c1-20(2)17-14-15(10-11-18(17)21-19(22)25-20)24-12-6-7-13-26(23)16-8-4-3-5-9-16/h10-11,14,16H,3-9,12-13H2,1-2H3,(H,21,22). The van der Waals surface area contributed by atoms with Gasteiger partial charge in [0.2, 0.25) is 0 Å². The van der Waals surface area contributed by atoms with Gasteiger partial charge in [-0.3, -0.25) is 5.32 Å². The van der Waals surface area contributed by atoms with Gasteiger partial charge in [0, 0.05) is 5.56 Å². The Labute approximate surface area is 159 Å². The summed E-state index contributed by atoms with van der Waals surface area (Å²) in [4.78, 5) is 11.6. The second-order valence-corrected chi connectivity index (χ2v) is 9.47. The molecule has 1 amide bonds. The van der Waals surface area contributed by atoms with Crippen molar-refractivity contribution in [2.24, 2.45) is 0 Å². The van der Waals surface area contributed by atoms with Crippen LogP contribution in [-0.4, -0.2) is 28.3 Å². The van der Waals surface area contributed by atoms with Crippen molar-refractivity contribution in [2.75, 3.05) is 17.7 Å². The molecular formula is C20H29NO4S. The van der Waals surface area contributed by atoms with Crippen molar-refractivity contribution in [1.82, 2.24) is 0 Å². The monoisotopic (exact) mass is 379 g/mol. The van der Waals surface area contributed by atoms with Gasteiger partial charge in [-0.1, -0.05) is 17.6 Å². The second kappa shape index (κ2) is 8.53. The van der Waals surface area contributed by atoms with Gasteiger partial charge in [0.15, 0.2) is 0 Å². The lowest BCUT2D eigenvalue weighted by molar-refractivity contribution is 0.0418. The maximum atomic E-state index is 12.3. The molecule has 1 aromatic carbocycles. The van der Waals surface area contributed by atoms with Crippen molar-refractivity contribution in [2.45, 2.75) is 69.6 Å². The molecule has 1 heterocycles. The van der Waals surface area contributed by atoms with Crippen molar-refractivity contribution in [3.63, 3.8) is 0 Å². The van der Waals surface area contributed by atoms with Crippen LogP contribution in [0, 0.1) is 0 Å². The molecule has 5 nitrogen and oxygen atoms in total. The third-order valence-electron chi connectivity index (χ3n) is 5.16. The Balaban J connectivity index is 1.43. The summed E-state index contributed by atoms with van der Waals surface area (Å²) in [6.07, 6.45) is 7.43. The fourth-order valence-electron chi connectivity index (χ4n) is 3.67. The van der Waals surface area contributed by atoms with Crippen LogP contribution in [0.25, 0.3) is 0 Å². The lowest BCUT2D eigenvalue weighted by Crippen LogP contribution is -2.34. The number of cyclic esters (lactones) is 1. The third kappa shape index (κ3) is 4.86. The zero-order chi connectivity index (χ0) is 18.6. The molecule has 144 valence electrons. The molecule has 1 atom stereocenters. The molecule has 26 heavy (non-hydrogen) atoms. The number of fused-ring (bicyclic) bond motifs is 1. The van der Waals surface area contributed by atoms with Gasteiger partial charge < -0.3 is 14.0 Å². The Bertz CT molecular complexity index is 628. The van der Waals surface area contributed by atoms with E-state index in [9.17, 15) is 9.35 Å². The summed E-state index contributed by atoms with van der Waals surface area (Å²) in [6.45, 7) is 4.35. The number of rotatable bonds is 7. The summed E-state index contributed by atoms with van der Waals surface area (Å²) in [6, 6.07) is 5.64. The van der Waals surface area contributed by atoms with Gasteiger partial charge in [0.25, 0.3) is 0 Å². The molecule has 1 aromatic rings. The first-order valence-electron chi connectivity index (χ1n) is 9.60. The first kappa shape index (κ1) is 19.4. The van der Waals surface area contributed by atoms with E-state index in [2.05, 4.69) is 5.32 Å². The van der Waals surface area contributed by atoms with Gasteiger partial charge >= 0.3 is 6.09 Å². The molecule has 0 bridgehead atoms. The van der Waals surface area contributed by atoms with Crippen LogP contribution in [0.1, 0.15) is 64.4 Å². The second-order valence-electron chi connectivity index (χ2n) is 7.63. The molecule has 1 aliphatic carbocycles. The average Bonchev–Trinajstić information content (AvgIpc) is 2.61. The zero-order valence-electron chi connectivity index (χ0n) is 15.7. The van der Waals surface area contributed by atoms with Crippen LogP contribution in [-0.2, 0) is 21.5 Å². The van der Waals surface area contributed by atoms with Gasteiger partial charge in [0.05, 0.1) is 12.3 Å². The minimum atomic E-state index is -0.682. The summed E-state index contributed by atoms with van der Waals surface area (Å²) in [7, 11) is 0. The highest BCUT2D eigenvalue weighted by Gasteiger charge is 2.33. The zero-order valence-corrected chi connectivity index (χ0v) is 16.5. The van der Waals surface area contributed by atoms with Crippen LogP contribution in [0.3, 0.4) is 0 Å². The first-order valence-corrected chi connectivity index (χ1v) is 11.0. The average molecular weight is 380 g/mol. The van der Waals surface area contributed by atoms with E-state index in [0.29, 0.717) is 11.9 Å². The van der Waals surface area contributed by atoms with Gasteiger partial charge in [-0.05, 0) is 70.6 Å². The van der Waals surface area contributed by atoms with Crippen LogP contribution in [0.15, 0.2) is 18.2 Å². The molecule has 0 radical (unpaired) electrons. The minimum absolute atomic E-state index is 0.419. The smallest absolute Gasteiger partial charge is 0.412 e. The molecule has 1 fully saturated rings. The molecule has 0 aromatic heterocycles. The highest BCUT2D eigenvalue weighted by atomic mass is 32.2. The van der Waals surface area contributed by atoms with E-state index in [1.807, 2.05) is 32.0 Å². The fraction of sp³-hybridized carbons (Fsp3) is 0.650. The molecule has 2 aliphatic rings. The largest absolute Gasteiger partial charge is 0.616 e. The number of unbranched alkanes of at least 4 members (excludes halogenated alkanes) is 1.